The molecular formula is C49H56N8O9. The van der Waals surface area contributed by atoms with Gasteiger partial charge in [0.2, 0.25) is 0 Å². The maximum atomic E-state index is 13.4. The molecule has 8 rings (SSSR count). The lowest BCUT2D eigenvalue weighted by atomic mass is 9.96. The molecule has 0 bridgehead atoms. The molecule has 2 fully saturated rings. The van der Waals surface area contributed by atoms with E-state index in [0.717, 1.165) is 90.3 Å². The number of anilines is 1. The molecule has 346 valence electrons. The van der Waals surface area contributed by atoms with Crippen molar-refractivity contribution < 1.29 is 39.2 Å². The van der Waals surface area contributed by atoms with Crippen LogP contribution in [0, 0.1) is 18.3 Å². The van der Waals surface area contributed by atoms with Gasteiger partial charge in [-0.1, -0.05) is 32.9 Å². The number of phenolic OH excluding ortho intramolecular Hbond substituents is 2. The normalized spacial score (nSPS) is 15.4. The van der Waals surface area contributed by atoms with Crippen molar-refractivity contribution >= 4 is 40.7 Å². The largest absolute Gasteiger partial charge is 0.508 e. The highest BCUT2D eigenvalue weighted by atomic mass is 16.7. The molecule has 0 aliphatic carbocycles. The monoisotopic (exact) mass is 900 g/mol. The van der Waals surface area contributed by atoms with E-state index < -0.39 is 12.2 Å². The van der Waals surface area contributed by atoms with Gasteiger partial charge < -0.3 is 44.9 Å². The van der Waals surface area contributed by atoms with Crippen LogP contribution in [0.4, 0.5) is 20.1 Å². The third kappa shape index (κ3) is 9.26. The maximum Gasteiger partial charge on any atom is 0.506 e. The molecule has 3 aliphatic heterocycles. The second kappa shape index (κ2) is 18.9. The summed E-state index contributed by atoms with van der Waals surface area (Å²) >= 11 is 0. The average Bonchev–Trinajstić information content (AvgIpc) is 3.64. The molecule has 5 heterocycles. The van der Waals surface area contributed by atoms with E-state index in [-0.39, 0.29) is 47.1 Å². The zero-order chi connectivity index (χ0) is 47.0. The van der Waals surface area contributed by atoms with Crippen LogP contribution in [0.1, 0.15) is 78.5 Å². The number of piperidine rings is 1. The van der Waals surface area contributed by atoms with Crippen molar-refractivity contribution in [2.24, 2.45) is 11.7 Å². The number of amidine groups is 1. The quantitative estimate of drug-likeness (QED) is 0.0505. The summed E-state index contributed by atoms with van der Waals surface area (Å²) < 4.78 is 12.3. The molecule has 3 aromatic carbocycles. The fourth-order valence-corrected chi connectivity index (χ4v) is 9.53. The van der Waals surface area contributed by atoms with Crippen LogP contribution < -0.4 is 20.9 Å². The van der Waals surface area contributed by atoms with E-state index in [9.17, 15) is 29.4 Å². The Kier molecular flexibility index (Phi) is 13.0. The minimum Gasteiger partial charge on any atom is -0.508 e. The summed E-state index contributed by atoms with van der Waals surface area (Å²) in [5, 5.41) is 39.4. The van der Waals surface area contributed by atoms with E-state index in [1.54, 1.807) is 34.6 Å². The first kappa shape index (κ1) is 45.6. The number of pyridine rings is 2. The van der Waals surface area contributed by atoms with Gasteiger partial charge in [-0.05, 0) is 103 Å². The zero-order valence-electron chi connectivity index (χ0n) is 37.7. The topological polar surface area (TPSA) is 228 Å². The lowest BCUT2D eigenvalue weighted by Crippen LogP contribution is -2.49. The molecule has 0 radical (unpaired) electrons. The van der Waals surface area contributed by atoms with E-state index in [2.05, 4.69) is 9.80 Å². The third-order valence-corrected chi connectivity index (χ3v) is 13.2. The van der Waals surface area contributed by atoms with Gasteiger partial charge in [0.15, 0.2) is 0 Å². The number of aromatic hydroxyl groups is 2. The van der Waals surface area contributed by atoms with Crippen LogP contribution in [0.2, 0.25) is 0 Å². The first-order valence-corrected chi connectivity index (χ1v) is 22.4. The Balaban J connectivity index is 0.816. The van der Waals surface area contributed by atoms with Gasteiger partial charge in [-0.3, -0.25) is 15.1 Å². The van der Waals surface area contributed by atoms with E-state index in [1.165, 1.54) is 12.1 Å². The number of nitrogens with zero attached hydrogens (tertiary/aromatic N) is 6. The molecule has 0 unspecified atom stereocenters. The van der Waals surface area contributed by atoms with Gasteiger partial charge in [0.1, 0.15) is 29.7 Å². The first-order chi connectivity index (χ1) is 31.6. The number of phenols is 2. The van der Waals surface area contributed by atoms with Crippen LogP contribution in [-0.2, 0) is 30.9 Å². The molecule has 6 N–H and O–H groups in total. The molecule has 17 heteroatoms. The molecule has 2 aromatic heterocycles. The molecule has 3 amide bonds. The zero-order valence-corrected chi connectivity index (χ0v) is 37.7. The number of ether oxygens (including phenoxy) is 2. The van der Waals surface area contributed by atoms with Gasteiger partial charge in [-0.2, -0.15) is 0 Å². The Morgan fingerprint density at radius 2 is 1.62 bits per heavy atom. The Bertz CT molecular complexity index is 2770. The molecule has 0 saturated carbocycles. The summed E-state index contributed by atoms with van der Waals surface area (Å²) in [7, 11) is 0. The number of hydrogen-bond acceptors (Lipinski definition) is 12. The van der Waals surface area contributed by atoms with Crippen molar-refractivity contribution in [2.75, 3.05) is 50.7 Å². The highest BCUT2D eigenvalue weighted by Crippen LogP contribution is 2.38. The van der Waals surface area contributed by atoms with Crippen LogP contribution in [0.15, 0.2) is 65.5 Å². The number of carboxylic acid groups (broad SMARTS) is 1. The van der Waals surface area contributed by atoms with E-state index >= 15 is 0 Å². The number of urea groups is 1. The van der Waals surface area contributed by atoms with Crippen LogP contribution >= 0.6 is 0 Å². The number of rotatable bonds is 11. The number of aromatic nitrogens is 2. The number of carbonyl (C=O) groups excluding carboxylic acids is 2. The highest BCUT2D eigenvalue weighted by Gasteiger charge is 2.30. The first-order valence-electron chi connectivity index (χ1n) is 22.4. The smallest absolute Gasteiger partial charge is 0.506 e. The van der Waals surface area contributed by atoms with Crippen LogP contribution in [0.3, 0.4) is 0 Å². The van der Waals surface area contributed by atoms with Gasteiger partial charge in [-0.25, -0.2) is 24.3 Å². The molecule has 66 heavy (non-hydrogen) atoms. The Labute approximate surface area is 382 Å². The number of hydrogen-bond donors (Lipinski definition) is 5. The molecule has 2 saturated heterocycles. The molecule has 3 aliphatic rings. The number of likely N-dealkylation sites (tertiary alicyclic amines) is 1. The van der Waals surface area contributed by atoms with Crippen molar-refractivity contribution in [1.82, 2.24) is 24.3 Å². The van der Waals surface area contributed by atoms with Crippen LogP contribution in [-0.4, -0.2) is 109 Å². The number of nitrogens with one attached hydrogen (secondary N) is 1. The molecule has 0 spiro atoms. The van der Waals surface area contributed by atoms with Gasteiger partial charge >= 0.3 is 18.3 Å². The average molecular weight is 901 g/mol. The molecule has 5 aromatic rings. The number of carbonyl (C=O) groups is 3. The summed E-state index contributed by atoms with van der Waals surface area (Å²) in [4.78, 5) is 63.1. The van der Waals surface area contributed by atoms with Gasteiger partial charge in [0.25, 0.3) is 5.56 Å². The number of nitrogens with two attached hydrogens (primary N) is 1. The number of fused-ring (bicyclic) bond motifs is 4. The third-order valence-electron chi connectivity index (χ3n) is 13.2. The van der Waals surface area contributed by atoms with Crippen LogP contribution in [0.25, 0.3) is 22.3 Å². The summed E-state index contributed by atoms with van der Waals surface area (Å²) in [5.74, 6) is 0.118. The summed E-state index contributed by atoms with van der Waals surface area (Å²) in [6.45, 7) is 14.1. The summed E-state index contributed by atoms with van der Waals surface area (Å²) in [6, 6.07) is 16.4. The predicted octanol–water partition coefficient (Wildman–Crippen LogP) is 6.96. The van der Waals surface area contributed by atoms with Crippen molar-refractivity contribution in [3.8, 4) is 28.6 Å². The Morgan fingerprint density at radius 3 is 2.27 bits per heavy atom. The van der Waals surface area contributed by atoms with Gasteiger partial charge in [0.05, 0.1) is 40.3 Å². The number of piperazine rings is 1. The summed E-state index contributed by atoms with van der Waals surface area (Å²) in [6.07, 6.45) is 0.594. The van der Waals surface area contributed by atoms with Crippen molar-refractivity contribution in [2.45, 2.75) is 72.6 Å². The van der Waals surface area contributed by atoms with Gasteiger partial charge in [0, 0.05) is 69.4 Å². The van der Waals surface area contributed by atoms with E-state index in [4.69, 9.17) is 30.7 Å². The van der Waals surface area contributed by atoms with Crippen LogP contribution in [0.5, 0.6) is 17.2 Å². The summed E-state index contributed by atoms with van der Waals surface area (Å²) in [5.41, 5.74) is 12.5. The highest BCUT2D eigenvalue weighted by molar-refractivity contribution is 6.22. The SMILES string of the molecule is CCc1c2c(nc3ccc(OC(=O)N4CCC(CN5CCN(Cc6ccc(N(C(=N)c7cc(C(C)C)c(O)cc7O)C(N)=O)cc6)CC5)CC4)cc13)-c1cc(C)c(COC(=O)O)c(=O)n1C2. The Hall–Kier alpha value is -6.98. The number of aryl methyl sites for hydroxylation is 2. The lowest BCUT2D eigenvalue weighted by Gasteiger charge is -2.38. The van der Waals surface area contributed by atoms with Gasteiger partial charge in [-0.15, -0.1) is 0 Å². The standard InChI is InChI=1S/C49H56N8O9/c1-5-34-36-21-33(10-11-40(36)52-44-38(34)26-56-41(44)20-29(4)39(46(56)60)27-65-49(63)64)66-48(62)55-14-12-31(13-15-55)25-54-18-16-53(17-19-54)24-30-6-8-32(9-7-30)57(47(51)61)45(50)37-22-35(28(2)3)42(58)23-43(37)59/h6-11,20-23,28,31,50,58-59H,5,12-19,24-27H2,1-4H3,(H2,51,61)(H,63,64). The molecule has 17 nitrogen and oxygen atoms in total. The van der Waals surface area contributed by atoms with Crippen molar-refractivity contribution in [3.63, 3.8) is 0 Å². The maximum absolute atomic E-state index is 13.4. The minimum atomic E-state index is -1.44. The second-order valence-electron chi connectivity index (χ2n) is 17.7. The van der Waals surface area contributed by atoms with E-state index in [1.807, 2.05) is 51.1 Å². The van der Waals surface area contributed by atoms with Crippen molar-refractivity contribution in [1.29, 1.82) is 5.41 Å². The number of benzene rings is 3. The molecule has 0 atom stereocenters. The Morgan fingerprint density at radius 1 is 0.924 bits per heavy atom. The lowest BCUT2D eigenvalue weighted by molar-refractivity contribution is 0.0847. The molecular weight excluding hydrogens is 845 g/mol. The van der Waals surface area contributed by atoms with E-state index in [0.29, 0.717) is 65.8 Å². The minimum absolute atomic E-state index is 0.0740. The van der Waals surface area contributed by atoms with Crippen molar-refractivity contribution in [3.05, 3.63) is 110 Å². The predicted molar refractivity (Wildman–Crippen MR) is 249 cm³/mol. The second-order valence-corrected chi connectivity index (χ2v) is 17.7. The number of amides is 3. The fraction of sp³-hybridized carbons (Fsp3) is 0.388. The fourth-order valence-electron chi connectivity index (χ4n) is 9.53. The number of primary amides is 1.